The lowest BCUT2D eigenvalue weighted by Crippen LogP contribution is -1.86. The molecule has 0 spiro atoms. The summed E-state index contributed by atoms with van der Waals surface area (Å²) in [5.74, 6) is 0. The highest BCUT2D eigenvalue weighted by atomic mass is 16.1. The zero-order valence-corrected chi connectivity index (χ0v) is 7.59. The number of aldehydes is 1. The highest BCUT2D eigenvalue weighted by Gasteiger charge is 2.07. The molecule has 3 heteroatoms. The molecular weight excluding hydrogens is 164 g/mol. The molecule has 0 bridgehead atoms. The summed E-state index contributed by atoms with van der Waals surface area (Å²) >= 11 is 0. The van der Waals surface area contributed by atoms with Gasteiger partial charge in [0, 0.05) is 17.3 Å². The van der Waals surface area contributed by atoms with Gasteiger partial charge < -0.3 is 4.98 Å². The molecule has 2 heterocycles. The van der Waals surface area contributed by atoms with Crippen molar-refractivity contribution >= 4 is 17.2 Å². The summed E-state index contributed by atoms with van der Waals surface area (Å²) in [5.41, 5.74) is 3.59. The van der Waals surface area contributed by atoms with Crippen molar-refractivity contribution in [3.05, 3.63) is 29.2 Å². The predicted octanol–water partition coefficient (Wildman–Crippen LogP) is 1.99. The molecule has 0 aliphatic heterocycles. The van der Waals surface area contributed by atoms with E-state index in [4.69, 9.17) is 0 Å². The van der Waals surface area contributed by atoms with Crippen LogP contribution in [0, 0.1) is 13.8 Å². The van der Waals surface area contributed by atoms with Crippen LogP contribution in [0.25, 0.3) is 10.9 Å². The number of aromatic amines is 1. The Morgan fingerprint density at radius 3 is 2.92 bits per heavy atom. The van der Waals surface area contributed by atoms with Crippen molar-refractivity contribution in [2.24, 2.45) is 0 Å². The summed E-state index contributed by atoms with van der Waals surface area (Å²) < 4.78 is 0. The van der Waals surface area contributed by atoms with E-state index in [2.05, 4.69) is 9.97 Å². The van der Waals surface area contributed by atoms with Gasteiger partial charge in [-0.25, -0.2) is 0 Å². The number of aryl methyl sites for hydroxylation is 2. The van der Waals surface area contributed by atoms with Crippen LogP contribution < -0.4 is 0 Å². The van der Waals surface area contributed by atoms with Gasteiger partial charge in [0.05, 0.1) is 5.52 Å². The third-order valence-electron chi connectivity index (χ3n) is 2.37. The molecule has 0 saturated carbocycles. The van der Waals surface area contributed by atoms with Crippen molar-refractivity contribution < 1.29 is 4.79 Å². The lowest BCUT2D eigenvalue weighted by Gasteiger charge is -1.92. The number of hydrogen-bond acceptors (Lipinski definition) is 2. The van der Waals surface area contributed by atoms with Crippen molar-refractivity contribution in [2.75, 3.05) is 0 Å². The molecule has 0 radical (unpaired) electrons. The fourth-order valence-corrected chi connectivity index (χ4v) is 1.49. The molecule has 0 aromatic carbocycles. The first-order chi connectivity index (χ1) is 6.24. The van der Waals surface area contributed by atoms with Gasteiger partial charge in [-0.2, -0.15) is 0 Å². The van der Waals surface area contributed by atoms with Gasteiger partial charge in [0.15, 0.2) is 6.29 Å². The highest BCUT2D eigenvalue weighted by Crippen LogP contribution is 2.21. The number of nitrogens with zero attached hydrogens (tertiary/aromatic N) is 1. The number of rotatable bonds is 1. The number of pyridine rings is 1. The fraction of sp³-hybridized carbons (Fsp3) is 0.200. The molecule has 3 nitrogen and oxygen atoms in total. The molecule has 0 saturated heterocycles. The maximum Gasteiger partial charge on any atom is 0.170 e. The van der Waals surface area contributed by atoms with Gasteiger partial charge in [-0.1, -0.05) is 0 Å². The molecule has 2 aromatic rings. The van der Waals surface area contributed by atoms with E-state index in [0.717, 1.165) is 22.9 Å². The van der Waals surface area contributed by atoms with E-state index in [-0.39, 0.29) is 0 Å². The first-order valence-electron chi connectivity index (χ1n) is 4.13. The van der Waals surface area contributed by atoms with Crippen molar-refractivity contribution in [1.29, 1.82) is 0 Å². The molecule has 2 aromatic heterocycles. The normalized spacial score (nSPS) is 10.6. The van der Waals surface area contributed by atoms with E-state index in [1.165, 1.54) is 5.56 Å². The van der Waals surface area contributed by atoms with Gasteiger partial charge in [0.1, 0.15) is 5.69 Å². The van der Waals surface area contributed by atoms with Crippen molar-refractivity contribution in [3.63, 3.8) is 0 Å². The first-order valence-corrected chi connectivity index (χ1v) is 4.13. The van der Waals surface area contributed by atoms with Crippen LogP contribution in [0.2, 0.25) is 0 Å². The minimum atomic E-state index is 0.480. The second kappa shape index (κ2) is 2.69. The van der Waals surface area contributed by atoms with Crippen molar-refractivity contribution in [2.45, 2.75) is 13.8 Å². The van der Waals surface area contributed by atoms with E-state index >= 15 is 0 Å². The lowest BCUT2D eigenvalue weighted by atomic mass is 10.2. The van der Waals surface area contributed by atoms with Crippen molar-refractivity contribution in [3.8, 4) is 0 Å². The standard InChI is InChI=1S/C10H10N2O/c1-6-7(2)12-10-8(6)3-4-11-9(10)5-13/h3-5,12H,1-2H3. The third kappa shape index (κ3) is 1.04. The lowest BCUT2D eigenvalue weighted by molar-refractivity contribution is 0.112. The number of fused-ring (bicyclic) bond motifs is 1. The molecule has 0 amide bonds. The molecular formula is C10H10N2O. The SMILES string of the molecule is Cc1[nH]c2c(C=O)nccc2c1C. The maximum absolute atomic E-state index is 10.7. The van der Waals surface area contributed by atoms with Crippen LogP contribution >= 0.6 is 0 Å². The van der Waals surface area contributed by atoms with Crippen LogP contribution in [0.5, 0.6) is 0 Å². The molecule has 2 rings (SSSR count). The number of hydrogen-bond donors (Lipinski definition) is 1. The molecule has 0 aliphatic rings. The summed E-state index contributed by atoms with van der Waals surface area (Å²) in [5, 5.41) is 1.08. The van der Waals surface area contributed by atoms with Gasteiger partial charge in [0.25, 0.3) is 0 Å². The Balaban J connectivity index is 2.92. The van der Waals surface area contributed by atoms with Crippen LogP contribution in [0.3, 0.4) is 0 Å². The Morgan fingerprint density at radius 1 is 1.46 bits per heavy atom. The van der Waals surface area contributed by atoms with E-state index in [9.17, 15) is 4.79 Å². The first kappa shape index (κ1) is 7.98. The summed E-state index contributed by atoms with van der Waals surface area (Å²) in [6, 6.07) is 1.92. The quantitative estimate of drug-likeness (QED) is 0.672. The zero-order chi connectivity index (χ0) is 9.42. The van der Waals surface area contributed by atoms with Crippen LogP contribution in [-0.4, -0.2) is 16.3 Å². The minimum absolute atomic E-state index is 0.480. The van der Waals surface area contributed by atoms with Gasteiger partial charge in [-0.15, -0.1) is 0 Å². The molecule has 1 N–H and O–H groups in total. The Hall–Kier alpha value is -1.64. The molecule has 13 heavy (non-hydrogen) atoms. The largest absolute Gasteiger partial charge is 0.357 e. The average molecular weight is 174 g/mol. The molecule has 0 fully saturated rings. The number of aromatic nitrogens is 2. The Bertz CT molecular complexity index is 471. The van der Waals surface area contributed by atoms with E-state index in [0.29, 0.717) is 5.69 Å². The summed E-state index contributed by atoms with van der Waals surface area (Å²) in [6.45, 7) is 4.02. The minimum Gasteiger partial charge on any atom is -0.357 e. The van der Waals surface area contributed by atoms with Crippen LogP contribution in [0.15, 0.2) is 12.3 Å². The number of H-pyrrole nitrogens is 1. The predicted molar refractivity (Wildman–Crippen MR) is 51.0 cm³/mol. The topological polar surface area (TPSA) is 45.8 Å². The Kier molecular flexibility index (Phi) is 1.65. The maximum atomic E-state index is 10.7. The van der Waals surface area contributed by atoms with Gasteiger partial charge in [-0.05, 0) is 25.5 Å². The van der Waals surface area contributed by atoms with Gasteiger partial charge in [0.2, 0.25) is 0 Å². The number of carbonyl (C=O) groups is 1. The number of carbonyl (C=O) groups excluding carboxylic acids is 1. The van der Waals surface area contributed by atoms with Crippen LogP contribution in [-0.2, 0) is 0 Å². The number of nitrogens with one attached hydrogen (secondary N) is 1. The molecule has 0 unspecified atom stereocenters. The summed E-state index contributed by atoms with van der Waals surface area (Å²) in [4.78, 5) is 17.8. The zero-order valence-electron chi connectivity index (χ0n) is 7.59. The average Bonchev–Trinajstić information content (AvgIpc) is 2.43. The highest BCUT2D eigenvalue weighted by molar-refractivity contribution is 5.95. The van der Waals surface area contributed by atoms with E-state index < -0.39 is 0 Å². The summed E-state index contributed by atoms with van der Waals surface area (Å²) in [7, 11) is 0. The van der Waals surface area contributed by atoms with E-state index in [1.807, 2.05) is 19.9 Å². The smallest absolute Gasteiger partial charge is 0.170 e. The summed E-state index contributed by atoms with van der Waals surface area (Å²) in [6.07, 6.45) is 2.43. The Labute approximate surface area is 75.8 Å². The Morgan fingerprint density at radius 2 is 2.23 bits per heavy atom. The second-order valence-electron chi connectivity index (χ2n) is 3.11. The van der Waals surface area contributed by atoms with Gasteiger partial charge >= 0.3 is 0 Å². The van der Waals surface area contributed by atoms with E-state index in [1.54, 1.807) is 6.20 Å². The third-order valence-corrected chi connectivity index (χ3v) is 2.37. The molecule has 0 aliphatic carbocycles. The fourth-order valence-electron chi connectivity index (χ4n) is 1.49. The second-order valence-corrected chi connectivity index (χ2v) is 3.11. The van der Waals surface area contributed by atoms with Crippen LogP contribution in [0.4, 0.5) is 0 Å². The van der Waals surface area contributed by atoms with Crippen molar-refractivity contribution in [1.82, 2.24) is 9.97 Å². The molecule has 66 valence electrons. The monoisotopic (exact) mass is 174 g/mol. The van der Waals surface area contributed by atoms with Gasteiger partial charge in [-0.3, -0.25) is 9.78 Å². The molecule has 0 atom stereocenters. The van der Waals surface area contributed by atoms with Crippen LogP contribution in [0.1, 0.15) is 21.7 Å².